The van der Waals surface area contributed by atoms with Gasteiger partial charge in [0, 0.05) is 30.1 Å². The number of phenols is 1. The average molecular weight is 327 g/mol. The Morgan fingerprint density at radius 2 is 2.38 bits per heavy atom. The first-order valence-electron chi connectivity index (χ1n) is 8.69. The number of carbonyl (C=O) groups excluding carboxylic acids is 1. The number of hydrogen-bond acceptors (Lipinski definition) is 4. The normalized spacial score (nSPS) is 18.7. The molecule has 0 spiro atoms. The highest BCUT2D eigenvalue weighted by Gasteiger charge is 2.30. The van der Waals surface area contributed by atoms with Gasteiger partial charge in [0.2, 0.25) is 5.91 Å². The highest BCUT2D eigenvalue weighted by atomic mass is 16.3. The van der Waals surface area contributed by atoms with Crippen molar-refractivity contribution in [2.24, 2.45) is 5.92 Å². The molecule has 24 heavy (non-hydrogen) atoms. The minimum atomic E-state index is -0.191. The fraction of sp³-hybridized carbons (Fsp3) is 0.474. The summed E-state index contributed by atoms with van der Waals surface area (Å²) in [6.45, 7) is 5.80. The second kappa shape index (κ2) is 7.18. The molecule has 128 valence electrons. The van der Waals surface area contributed by atoms with E-state index in [1.807, 2.05) is 32.0 Å². The van der Waals surface area contributed by atoms with Gasteiger partial charge in [0.25, 0.3) is 0 Å². The maximum absolute atomic E-state index is 12.2. The number of carbonyl (C=O) groups is 1. The third kappa shape index (κ3) is 3.22. The predicted molar refractivity (Wildman–Crippen MR) is 94.9 cm³/mol. The maximum atomic E-state index is 12.2. The monoisotopic (exact) mass is 327 g/mol. The number of benzene rings is 1. The fourth-order valence-corrected chi connectivity index (χ4v) is 3.55. The number of aromatic nitrogens is 1. The molecule has 1 aliphatic heterocycles. The summed E-state index contributed by atoms with van der Waals surface area (Å²) in [6.07, 6.45) is 3.98. The Morgan fingerprint density at radius 1 is 1.54 bits per heavy atom. The number of rotatable bonds is 5. The molecular formula is C19H25N3O2. The van der Waals surface area contributed by atoms with Crippen LogP contribution in [0.25, 0.3) is 10.9 Å². The van der Waals surface area contributed by atoms with Crippen LogP contribution in [0, 0.1) is 12.8 Å². The Bertz CT molecular complexity index is 739. The molecule has 0 saturated carbocycles. The van der Waals surface area contributed by atoms with Crippen LogP contribution in [0.15, 0.2) is 24.4 Å². The Hall–Kier alpha value is -2.14. The Balaban J connectivity index is 2.04. The van der Waals surface area contributed by atoms with Crippen LogP contribution in [0.5, 0.6) is 5.75 Å². The van der Waals surface area contributed by atoms with Crippen LogP contribution in [0.2, 0.25) is 0 Å². The molecule has 5 nitrogen and oxygen atoms in total. The van der Waals surface area contributed by atoms with E-state index in [9.17, 15) is 9.90 Å². The lowest BCUT2D eigenvalue weighted by Crippen LogP contribution is -2.34. The summed E-state index contributed by atoms with van der Waals surface area (Å²) >= 11 is 0. The zero-order valence-corrected chi connectivity index (χ0v) is 14.3. The Kier molecular flexibility index (Phi) is 5.00. The van der Waals surface area contributed by atoms with Gasteiger partial charge in [-0.3, -0.25) is 9.78 Å². The Labute approximate surface area is 142 Å². The highest BCUT2D eigenvalue weighted by molar-refractivity contribution is 5.89. The van der Waals surface area contributed by atoms with E-state index in [4.69, 9.17) is 0 Å². The molecule has 2 atom stereocenters. The van der Waals surface area contributed by atoms with Gasteiger partial charge in [-0.1, -0.05) is 13.0 Å². The van der Waals surface area contributed by atoms with Crippen molar-refractivity contribution in [3.63, 3.8) is 0 Å². The molecule has 1 aromatic heterocycles. The fourth-order valence-electron chi connectivity index (χ4n) is 3.55. The van der Waals surface area contributed by atoms with Crippen LogP contribution in [-0.2, 0) is 4.79 Å². The lowest BCUT2D eigenvalue weighted by molar-refractivity contribution is -0.122. The van der Waals surface area contributed by atoms with E-state index in [0.717, 1.165) is 42.4 Å². The first-order valence-corrected chi connectivity index (χ1v) is 8.69. The number of aromatic hydroxyl groups is 1. The zero-order chi connectivity index (χ0) is 17.1. The van der Waals surface area contributed by atoms with Gasteiger partial charge >= 0.3 is 0 Å². The predicted octanol–water partition coefficient (Wildman–Crippen LogP) is 2.82. The van der Waals surface area contributed by atoms with Gasteiger partial charge in [-0.25, -0.2) is 0 Å². The molecule has 1 aliphatic rings. The number of phenolic OH excluding ortho intramolecular Hbond substituents is 1. The quantitative estimate of drug-likeness (QED) is 0.789. The second-order valence-electron chi connectivity index (χ2n) is 6.58. The van der Waals surface area contributed by atoms with Gasteiger partial charge in [0.05, 0.1) is 6.04 Å². The van der Waals surface area contributed by atoms with Crippen molar-refractivity contribution >= 4 is 16.8 Å². The number of fused-ring (bicyclic) bond motifs is 1. The lowest BCUT2D eigenvalue weighted by Gasteiger charge is -2.26. The van der Waals surface area contributed by atoms with Crippen LogP contribution in [-0.4, -0.2) is 29.1 Å². The van der Waals surface area contributed by atoms with Crippen LogP contribution in [0.1, 0.15) is 43.4 Å². The van der Waals surface area contributed by atoms with E-state index in [0.29, 0.717) is 11.9 Å². The van der Waals surface area contributed by atoms with Crippen molar-refractivity contribution < 1.29 is 9.90 Å². The molecule has 2 heterocycles. The van der Waals surface area contributed by atoms with Crippen LogP contribution in [0.3, 0.4) is 0 Å². The molecule has 1 amide bonds. The average Bonchev–Trinajstić information content (AvgIpc) is 3.11. The van der Waals surface area contributed by atoms with Crippen LogP contribution in [0.4, 0.5) is 0 Å². The van der Waals surface area contributed by atoms with Gasteiger partial charge in [0.15, 0.2) is 0 Å². The molecular weight excluding hydrogens is 302 g/mol. The number of pyridine rings is 1. The van der Waals surface area contributed by atoms with Gasteiger partial charge in [0.1, 0.15) is 11.3 Å². The van der Waals surface area contributed by atoms with E-state index >= 15 is 0 Å². The van der Waals surface area contributed by atoms with Gasteiger partial charge in [-0.15, -0.1) is 0 Å². The van der Waals surface area contributed by atoms with E-state index in [1.54, 1.807) is 6.20 Å². The lowest BCUT2D eigenvalue weighted by atomic mass is 9.89. The van der Waals surface area contributed by atoms with Crippen molar-refractivity contribution in [2.45, 2.75) is 39.2 Å². The summed E-state index contributed by atoms with van der Waals surface area (Å²) in [5, 5.41) is 18.3. The van der Waals surface area contributed by atoms with Crippen LogP contribution >= 0.6 is 0 Å². The van der Waals surface area contributed by atoms with Gasteiger partial charge in [-0.2, -0.15) is 0 Å². The number of nitrogens with zero attached hydrogens (tertiary/aromatic N) is 1. The summed E-state index contributed by atoms with van der Waals surface area (Å²) in [6, 6.07) is 5.64. The minimum Gasteiger partial charge on any atom is -0.505 e. The topological polar surface area (TPSA) is 74.2 Å². The molecule has 0 radical (unpaired) electrons. The van der Waals surface area contributed by atoms with E-state index in [-0.39, 0.29) is 23.6 Å². The van der Waals surface area contributed by atoms with E-state index in [1.165, 1.54) is 0 Å². The molecule has 2 unspecified atom stereocenters. The summed E-state index contributed by atoms with van der Waals surface area (Å²) in [5.41, 5.74) is 2.44. The minimum absolute atomic E-state index is 0.0348. The first kappa shape index (κ1) is 16.7. The summed E-state index contributed by atoms with van der Waals surface area (Å²) in [5.74, 6) is 0.495. The summed E-state index contributed by atoms with van der Waals surface area (Å²) in [4.78, 5) is 16.6. The van der Waals surface area contributed by atoms with E-state index in [2.05, 4.69) is 15.6 Å². The Morgan fingerprint density at radius 3 is 3.08 bits per heavy atom. The van der Waals surface area contributed by atoms with Crippen molar-refractivity contribution in [1.82, 2.24) is 15.6 Å². The molecule has 5 heteroatoms. The molecule has 1 fully saturated rings. The van der Waals surface area contributed by atoms with E-state index < -0.39 is 0 Å². The number of nitrogens with one attached hydrogen (secondary N) is 2. The molecule has 0 bridgehead atoms. The molecule has 3 rings (SSSR count). The number of hydrogen-bond donors (Lipinski definition) is 3. The summed E-state index contributed by atoms with van der Waals surface area (Å²) < 4.78 is 0. The smallest absolute Gasteiger partial charge is 0.220 e. The first-order chi connectivity index (χ1) is 11.6. The molecule has 1 saturated heterocycles. The van der Waals surface area contributed by atoms with Gasteiger partial charge < -0.3 is 15.7 Å². The molecule has 3 N–H and O–H groups in total. The van der Waals surface area contributed by atoms with Gasteiger partial charge in [-0.05, 0) is 49.9 Å². The summed E-state index contributed by atoms with van der Waals surface area (Å²) in [7, 11) is 0. The second-order valence-corrected chi connectivity index (χ2v) is 6.58. The molecule has 1 aromatic carbocycles. The molecule has 0 aliphatic carbocycles. The van der Waals surface area contributed by atoms with Crippen LogP contribution < -0.4 is 10.6 Å². The maximum Gasteiger partial charge on any atom is 0.220 e. The number of amides is 1. The van der Waals surface area contributed by atoms with Crippen molar-refractivity contribution in [3.8, 4) is 5.75 Å². The third-order valence-electron chi connectivity index (χ3n) is 4.80. The largest absolute Gasteiger partial charge is 0.505 e. The van der Waals surface area contributed by atoms with Crippen molar-refractivity contribution in [1.29, 1.82) is 0 Å². The molecule has 2 aromatic rings. The SMILES string of the molecule is CCCC(=O)NC(c1cc(C)c2cccnc2c1O)C1CCNC1. The highest BCUT2D eigenvalue weighted by Crippen LogP contribution is 2.38. The standard InChI is InChI=1S/C19H25N3O2/c1-3-5-16(23)22-17(13-7-9-20-11-13)15-10-12(2)14-6-4-8-21-18(14)19(15)24/h4,6,8,10,13,17,20,24H,3,5,7,9,11H2,1-2H3,(H,22,23). The number of aryl methyl sites for hydroxylation is 1. The van der Waals surface area contributed by atoms with Crippen molar-refractivity contribution in [2.75, 3.05) is 13.1 Å². The van der Waals surface area contributed by atoms with Crippen molar-refractivity contribution in [3.05, 3.63) is 35.5 Å². The zero-order valence-electron chi connectivity index (χ0n) is 14.3. The third-order valence-corrected chi connectivity index (χ3v) is 4.80.